The summed E-state index contributed by atoms with van der Waals surface area (Å²) in [4.78, 5) is 18.9. The standard InChI is InChI=1S/C22H18N2O2S/c1-13-3-5-15(6-4-13)20(25)21-19(23)17-11-12-18(24-22(17)27-21)14-7-9-16(26-2)10-8-14/h3-12H,23H2,1-2H3. The molecule has 4 nitrogen and oxygen atoms in total. The highest BCUT2D eigenvalue weighted by Gasteiger charge is 2.19. The van der Waals surface area contributed by atoms with Crippen LogP contribution in [0.25, 0.3) is 21.5 Å². The molecule has 2 N–H and O–H groups in total. The first-order chi connectivity index (χ1) is 13.1. The number of ether oxygens (including phenoxy) is 1. The number of methoxy groups -OCH3 is 1. The summed E-state index contributed by atoms with van der Waals surface area (Å²) in [5.74, 6) is 0.729. The lowest BCUT2D eigenvalue weighted by molar-refractivity contribution is 0.104. The molecule has 134 valence electrons. The Balaban J connectivity index is 1.74. The van der Waals surface area contributed by atoms with Crippen LogP contribution in [0, 0.1) is 6.92 Å². The zero-order chi connectivity index (χ0) is 19.0. The maximum Gasteiger partial charge on any atom is 0.205 e. The fourth-order valence-electron chi connectivity index (χ4n) is 2.92. The molecule has 0 saturated carbocycles. The Kier molecular flexibility index (Phi) is 4.38. The molecule has 2 heterocycles. The molecule has 0 fully saturated rings. The number of nitrogen functional groups attached to an aromatic ring is 1. The number of nitrogens with zero attached hydrogens (tertiary/aromatic N) is 1. The van der Waals surface area contributed by atoms with Crippen LogP contribution in [-0.2, 0) is 0 Å². The quantitative estimate of drug-likeness (QED) is 0.505. The number of carbonyl (C=O) groups excluding carboxylic acids is 1. The van der Waals surface area contributed by atoms with Gasteiger partial charge in [-0.2, -0.15) is 0 Å². The molecule has 4 rings (SSSR count). The Morgan fingerprint density at radius 3 is 2.37 bits per heavy atom. The van der Waals surface area contributed by atoms with Gasteiger partial charge in [-0.3, -0.25) is 4.79 Å². The van der Waals surface area contributed by atoms with Crippen molar-refractivity contribution in [2.24, 2.45) is 0 Å². The summed E-state index contributed by atoms with van der Waals surface area (Å²) in [7, 11) is 1.64. The van der Waals surface area contributed by atoms with Crippen molar-refractivity contribution in [3.63, 3.8) is 0 Å². The van der Waals surface area contributed by atoms with Gasteiger partial charge < -0.3 is 10.5 Å². The first-order valence-corrected chi connectivity index (χ1v) is 9.33. The average Bonchev–Trinajstić information content (AvgIpc) is 3.04. The van der Waals surface area contributed by atoms with E-state index in [2.05, 4.69) is 0 Å². The molecule has 0 aliphatic rings. The Hall–Kier alpha value is -3.18. The Morgan fingerprint density at radius 1 is 1.00 bits per heavy atom. The van der Waals surface area contributed by atoms with Crippen LogP contribution in [0.15, 0.2) is 60.7 Å². The number of benzene rings is 2. The van der Waals surface area contributed by atoms with Crippen LogP contribution in [0.5, 0.6) is 5.75 Å². The second-order valence-electron chi connectivity index (χ2n) is 6.32. The number of pyridine rings is 1. The lowest BCUT2D eigenvalue weighted by Crippen LogP contribution is -2.01. The van der Waals surface area contributed by atoms with Crippen molar-refractivity contribution < 1.29 is 9.53 Å². The van der Waals surface area contributed by atoms with Gasteiger partial charge in [0.1, 0.15) is 15.5 Å². The number of carbonyl (C=O) groups is 1. The zero-order valence-electron chi connectivity index (χ0n) is 15.0. The van der Waals surface area contributed by atoms with Crippen molar-refractivity contribution in [2.75, 3.05) is 12.8 Å². The Bertz CT molecular complexity index is 1130. The summed E-state index contributed by atoms with van der Waals surface area (Å²) in [6.07, 6.45) is 0. The van der Waals surface area contributed by atoms with Gasteiger partial charge in [0.2, 0.25) is 5.78 Å². The first-order valence-electron chi connectivity index (χ1n) is 8.51. The Morgan fingerprint density at radius 2 is 1.70 bits per heavy atom. The average molecular weight is 374 g/mol. The van der Waals surface area contributed by atoms with Gasteiger partial charge in [-0.15, -0.1) is 11.3 Å². The van der Waals surface area contributed by atoms with Crippen molar-refractivity contribution >= 4 is 33.0 Å². The number of aromatic nitrogens is 1. The molecule has 0 amide bonds. The van der Waals surface area contributed by atoms with E-state index in [0.29, 0.717) is 16.1 Å². The molecule has 0 bridgehead atoms. The first kappa shape index (κ1) is 17.2. The number of hydrogen-bond donors (Lipinski definition) is 1. The fraction of sp³-hybridized carbons (Fsp3) is 0.0909. The van der Waals surface area contributed by atoms with E-state index >= 15 is 0 Å². The van der Waals surface area contributed by atoms with Gasteiger partial charge in [0.15, 0.2) is 0 Å². The molecule has 0 atom stereocenters. The highest BCUT2D eigenvalue weighted by atomic mass is 32.1. The monoisotopic (exact) mass is 374 g/mol. The summed E-state index contributed by atoms with van der Waals surface area (Å²) in [5, 5.41) is 0.813. The summed E-state index contributed by atoms with van der Waals surface area (Å²) in [6, 6.07) is 19.1. The highest BCUT2D eigenvalue weighted by molar-refractivity contribution is 7.21. The highest BCUT2D eigenvalue weighted by Crippen LogP contribution is 2.35. The molecule has 4 aromatic rings. The lowest BCUT2D eigenvalue weighted by Gasteiger charge is -2.03. The second kappa shape index (κ2) is 6.85. The van der Waals surface area contributed by atoms with Crippen molar-refractivity contribution in [3.05, 3.63) is 76.7 Å². The van der Waals surface area contributed by atoms with Crippen LogP contribution in [0.3, 0.4) is 0 Å². The molecule has 0 aliphatic carbocycles. The van der Waals surface area contributed by atoms with E-state index in [1.165, 1.54) is 11.3 Å². The topological polar surface area (TPSA) is 65.2 Å². The zero-order valence-corrected chi connectivity index (χ0v) is 15.8. The molecule has 0 spiro atoms. The number of ketones is 1. The van der Waals surface area contributed by atoms with Gasteiger partial charge in [0, 0.05) is 16.5 Å². The number of nitrogens with two attached hydrogens (primary N) is 1. The number of anilines is 1. The van der Waals surface area contributed by atoms with Crippen LogP contribution in [0.2, 0.25) is 0 Å². The summed E-state index contributed by atoms with van der Waals surface area (Å²) in [5.41, 5.74) is 10.3. The van der Waals surface area contributed by atoms with Crippen LogP contribution >= 0.6 is 11.3 Å². The van der Waals surface area contributed by atoms with Crippen LogP contribution in [0.4, 0.5) is 5.69 Å². The smallest absolute Gasteiger partial charge is 0.205 e. The van der Waals surface area contributed by atoms with Crippen molar-refractivity contribution in [1.29, 1.82) is 0 Å². The van der Waals surface area contributed by atoms with Crippen LogP contribution in [0.1, 0.15) is 20.8 Å². The normalized spacial score (nSPS) is 10.9. The number of hydrogen-bond acceptors (Lipinski definition) is 5. The number of rotatable bonds is 4. The SMILES string of the molecule is COc1ccc(-c2ccc3c(N)c(C(=O)c4ccc(C)cc4)sc3n2)cc1. The van der Waals surface area contributed by atoms with E-state index < -0.39 is 0 Å². The number of fused-ring (bicyclic) bond motifs is 1. The van der Waals surface area contributed by atoms with Crippen molar-refractivity contribution in [1.82, 2.24) is 4.98 Å². The molecule has 0 aliphatic heterocycles. The molecule has 0 unspecified atom stereocenters. The van der Waals surface area contributed by atoms with Gasteiger partial charge in [0.05, 0.1) is 18.5 Å². The van der Waals surface area contributed by atoms with E-state index in [4.69, 9.17) is 15.5 Å². The largest absolute Gasteiger partial charge is 0.497 e. The molecule has 5 heteroatoms. The minimum atomic E-state index is -0.0681. The minimum Gasteiger partial charge on any atom is -0.497 e. The third-order valence-electron chi connectivity index (χ3n) is 4.50. The van der Waals surface area contributed by atoms with Crippen LogP contribution in [-0.4, -0.2) is 17.9 Å². The van der Waals surface area contributed by atoms with Crippen LogP contribution < -0.4 is 10.5 Å². The van der Waals surface area contributed by atoms with Gasteiger partial charge in [-0.25, -0.2) is 4.98 Å². The van der Waals surface area contributed by atoms with Gasteiger partial charge in [-0.05, 0) is 43.3 Å². The predicted molar refractivity (Wildman–Crippen MR) is 111 cm³/mol. The molecule has 2 aromatic carbocycles. The molecular weight excluding hydrogens is 356 g/mol. The van der Waals surface area contributed by atoms with Gasteiger partial charge >= 0.3 is 0 Å². The predicted octanol–water partition coefficient (Wildman–Crippen LogP) is 5.09. The lowest BCUT2D eigenvalue weighted by atomic mass is 10.1. The molecule has 0 saturated heterocycles. The van der Waals surface area contributed by atoms with E-state index in [1.54, 1.807) is 7.11 Å². The maximum absolute atomic E-state index is 12.9. The molecular formula is C22H18N2O2S. The summed E-state index contributed by atoms with van der Waals surface area (Å²) >= 11 is 1.34. The van der Waals surface area contributed by atoms with E-state index in [9.17, 15) is 4.79 Å². The van der Waals surface area contributed by atoms with Crippen molar-refractivity contribution in [3.8, 4) is 17.0 Å². The van der Waals surface area contributed by atoms with E-state index in [1.807, 2.05) is 67.6 Å². The number of thiophene rings is 1. The molecule has 2 aromatic heterocycles. The third-order valence-corrected chi connectivity index (χ3v) is 5.61. The van der Waals surface area contributed by atoms with Gasteiger partial charge in [0.25, 0.3) is 0 Å². The van der Waals surface area contributed by atoms with Gasteiger partial charge in [-0.1, -0.05) is 29.8 Å². The van der Waals surface area contributed by atoms with Crippen molar-refractivity contribution in [2.45, 2.75) is 6.92 Å². The third kappa shape index (κ3) is 3.17. The minimum absolute atomic E-state index is 0.0681. The second-order valence-corrected chi connectivity index (χ2v) is 7.32. The summed E-state index contributed by atoms with van der Waals surface area (Å²) in [6.45, 7) is 1.99. The summed E-state index contributed by atoms with van der Waals surface area (Å²) < 4.78 is 5.20. The molecule has 0 radical (unpaired) electrons. The van der Waals surface area contributed by atoms with E-state index in [0.717, 1.165) is 32.8 Å². The number of aryl methyl sites for hydroxylation is 1. The fourth-order valence-corrected chi connectivity index (χ4v) is 3.98. The van der Waals surface area contributed by atoms with E-state index in [-0.39, 0.29) is 5.78 Å². The maximum atomic E-state index is 12.9. The molecule has 27 heavy (non-hydrogen) atoms. The Labute approximate surface area is 161 Å².